The van der Waals surface area contributed by atoms with Gasteiger partial charge in [0.25, 0.3) is 0 Å². The van der Waals surface area contributed by atoms with Gasteiger partial charge >= 0.3 is 0 Å². The standard InChI is InChI=1S/C12H20N2O/c1-10(2)11-4-5-12(15)14(9-6-11)8-3-7-13/h10-11H,3-6,8-9H2,1-2H3. The molecule has 3 heteroatoms. The number of carbonyl (C=O) groups is 1. The van der Waals surface area contributed by atoms with Crippen molar-refractivity contribution in [3.8, 4) is 6.07 Å². The third kappa shape index (κ3) is 3.54. The van der Waals surface area contributed by atoms with Gasteiger partial charge in [0, 0.05) is 19.5 Å². The molecule has 84 valence electrons. The Morgan fingerprint density at radius 1 is 1.53 bits per heavy atom. The molecule has 1 aliphatic rings. The van der Waals surface area contributed by atoms with Gasteiger partial charge in [-0.2, -0.15) is 5.26 Å². The molecule has 0 aromatic rings. The highest BCUT2D eigenvalue weighted by Crippen LogP contribution is 2.25. The number of likely N-dealkylation sites (tertiary alicyclic amines) is 1. The van der Waals surface area contributed by atoms with Gasteiger partial charge in [-0.15, -0.1) is 0 Å². The molecule has 1 amide bonds. The smallest absolute Gasteiger partial charge is 0.222 e. The summed E-state index contributed by atoms with van der Waals surface area (Å²) in [5, 5.41) is 8.51. The zero-order valence-corrected chi connectivity index (χ0v) is 9.70. The predicted octanol–water partition coefficient (Wildman–Crippen LogP) is 2.18. The van der Waals surface area contributed by atoms with Gasteiger partial charge in [-0.25, -0.2) is 0 Å². The Balaban J connectivity index is 2.48. The van der Waals surface area contributed by atoms with Crippen molar-refractivity contribution in [3.05, 3.63) is 0 Å². The van der Waals surface area contributed by atoms with Crippen LogP contribution in [0.15, 0.2) is 0 Å². The van der Waals surface area contributed by atoms with Crippen molar-refractivity contribution >= 4 is 5.91 Å². The molecule has 1 rings (SSSR count). The first-order valence-corrected chi connectivity index (χ1v) is 5.80. The highest BCUT2D eigenvalue weighted by Gasteiger charge is 2.23. The van der Waals surface area contributed by atoms with E-state index in [9.17, 15) is 4.79 Å². The van der Waals surface area contributed by atoms with Crippen LogP contribution in [0.4, 0.5) is 0 Å². The summed E-state index contributed by atoms with van der Waals surface area (Å²) in [7, 11) is 0. The Hall–Kier alpha value is -1.04. The zero-order valence-electron chi connectivity index (χ0n) is 9.70. The monoisotopic (exact) mass is 208 g/mol. The van der Waals surface area contributed by atoms with E-state index >= 15 is 0 Å². The lowest BCUT2D eigenvalue weighted by atomic mass is 9.89. The first-order valence-electron chi connectivity index (χ1n) is 5.80. The quantitative estimate of drug-likeness (QED) is 0.713. The number of hydrogen-bond acceptors (Lipinski definition) is 2. The fourth-order valence-electron chi connectivity index (χ4n) is 2.15. The predicted molar refractivity (Wildman–Crippen MR) is 59.0 cm³/mol. The van der Waals surface area contributed by atoms with E-state index in [4.69, 9.17) is 5.26 Å². The average Bonchev–Trinajstić information content (AvgIpc) is 2.38. The van der Waals surface area contributed by atoms with Crippen LogP contribution in [0, 0.1) is 23.2 Å². The summed E-state index contributed by atoms with van der Waals surface area (Å²) in [6.45, 7) is 5.89. The molecule has 0 aliphatic carbocycles. The fraction of sp³-hybridized carbons (Fsp3) is 0.833. The van der Waals surface area contributed by atoms with E-state index in [1.165, 1.54) is 0 Å². The van der Waals surface area contributed by atoms with Crippen molar-refractivity contribution in [1.29, 1.82) is 5.26 Å². The van der Waals surface area contributed by atoms with Crippen molar-refractivity contribution in [2.24, 2.45) is 11.8 Å². The van der Waals surface area contributed by atoms with E-state index < -0.39 is 0 Å². The van der Waals surface area contributed by atoms with Crippen molar-refractivity contribution in [3.63, 3.8) is 0 Å². The summed E-state index contributed by atoms with van der Waals surface area (Å²) in [4.78, 5) is 13.6. The molecular formula is C12H20N2O. The normalized spacial score (nSPS) is 22.7. The van der Waals surface area contributed by atoms with Crippen LogP contribution >= 0.6 is 0 Å². The van der Waals surface area contributed by atoms with Gasteiger partial charge in [0.2, 0.25) is 5.91 Å². The third-order valence-electron chi connectivity index (χ3n) is 3.29. The lowest BCUT2D eigenvalue weighted by Crippen LogP contribution is -2.31. The lowest BCUT2D eigenvalue weighted by molar-refractivity contribution is -0.130. The maximum atomic E-state index is 11.7. The van der Waals surface area contributed by atoms with Gasteiger partial charge < -0.3 is 4.90 Å². The largest absolute Gasteiger partial charge is 0.342 e. The molecule has 0 radical (unpaired) electrons. The Bertz CT molecular complexity index is 255. The first-order chi connectivity index (χ1) is 7.15. The van der Waals surface area contributed by atoms with Gasteiger partial charge in [0.15, 0.2) is 0 Å². The highest BCUT2D eigenvalue weighted by molar-refractivity contribution is 5.76. The van der Waals surface area contributed by atoms with Crippen LogP contribution in [0.2, 0.25) is 0 Å². The number of carbonyl (C=O) groups excluding carboxylic acids is 1. The molecular weight excluding hydrogens is 188 g/mol. The number of hydrogen-bond donors (Lipinski definition) is 0. The van der Waals surface area contributed by atoms with Crippen molar-refractivity contribution in [1.82, 2.24) is 4.90 Å². The van der Waals surface area contributed by atoms with Crippen molar-refractivity contribution in [2.45, 2.75) is 39.5 Å². The zero-order chi connectivity index (χ0) is 11.3. The Morgan fingerprint density at radius 2 is 2.27 bits per heavy atom. The van der Waals surface area contributed by atoms with Crippen LogP contribution in [-0.4, -0.2) is 23.9 Å². The van der Waals surface area contributed by atoms with Crippen LogP contribution in [0.1, 0.15) is 39.5 Å². The molecule has 1 saturated heterocycles. The molecule has 0 aromatic carbocycles. The highest BCUT2D eigenvalue weighted by atomic mass is 16.2. The molecule has 1 atom stereocenters. The second-order valence-corrected chi connectivity index (χ2v) is 4.62. The number of amides is 1. The summed E-state index contributed by atoms with van der Waals surface area (Å²) in [6.07, 6.45) is 3.22. The minimum absolute atomic E-state index is 0.230. The van der Waals surface area contributed by atoms with E-state index in [-0.39, 0.29) is 5.91 Å². The molecule has 1 unspecified atom stereocenters. The van der Waals surface area contributed by atoms with Crippen LogP contribution in [0.25, 0.3) is 0 Å². The first kappa shape index (κ1) is 12.0. The fourth-order valence-corrected chi connectivity index (χ4v) is 2.15. The van der Waals surface area contributed by atoms with E-state index in [0.717, 1.165) is 19.4 Å². The molecule has 15 heavy (non-hydrogen) atoms. The summed E-state index contributed by atoms with van der Waals surface area (Å²) in [5.41, 5.74) is 0. The van der Waals surface area contributed by atoms with E-state index in [2.05, 4.69) is 19.9 Å². The van der Waals surface area contributed by atoms with E-state index in [1.54, 1.807) is 0 Å². The molecule has 0 N–H and O–H groups in total. The molecule has 1 heterocycles. The Labute approximate surface area is 92.1 Å². The van der Waals surface area contributed by atoms with Crippen molar-refractivity contribution < 1.29 is 4.79 Å². The third-order valence-corrected chi connectivity index (χ3v) is 3.29. The molecule has 0 spiro atoms. The molecule has 1 aliphatic heterocycles. The van der Waals surface area contributed by atoms with Gasteiger partial charge in [-0.05, 0) is 24.7 Å². The minimum Gasteiger partial charge on any atom is -0.342 e. The molecule has 1 fully saturated rings. The van der Waals surface area contributed by atoms with Gasteiger partial charge in [0.1, 0.15) is 0 Å². The molecule has 0 saturated carbocycles. The second kappa shape index (κ2) is 5.75. The number of nitriles is 1. The Morgan fingerprint density at radius 3 is 2.87 bits per heavy atom. The Kier molecular flexibility index (Phi) is 4.61. The van der Waals surface area contributed by atoms with Crippen molar-refractivity contribution in [2.75, 3.05) is 13.1 Å². The SMILES string of the molecule is CC(C)C1CCC(=O)N(CCC#N)CC1. The molecule has 0 bridgehead atoms. The summed E-state index contributed by atoms with van der Waals surface area (Å²) in [5.74, 6) is 1.56. The number of rotatable bonds is 3. The van der Waals surface area contributed by atoms with Crippen LogP contribution in [0.5, 0.6) is 0 Å². The van der Waals surface area contributed by atoms with Crippen LogP contribution in [0.3, 0.4) is 0 Å². The molecule has 0 aromatic heterocycles. The summed E-state index contributed by atoms with van der Waals surface area (Å²) in [6, 6.07) is 2.10. The maximum Gasteiger partial charge on any atom is 0.222 e. The van der Waals surface area contributed by atoms with Gasteiger partial charge in [-0.1, -0.05) is 13.8 Å². The summed E-state index contributed by atoms with van der Waals surface area (Å²) >= 11 is 0. The second-order valence-electron chi connectivity index (χ2n) is 4.62. The van der Waals surface area contributed by atoms with E-state index in [1.807, 2.05) is 4.90 Å². The maximum absolute atomic E-state index is 11.7. The van der Waals surface area contributed by atoms with Gasteiger partial charge in [0.05, 0.1) is 12.5 Å². The average molecular weight is 208 g/mol. The lowest BCUT2D eigenvalue weighted by Gasteiger charge is -2.20. The van der Waals surface area contributed by atoms with Crippen LogP contribution in [-0.2, 0) is 4.79 Å². The summed E-state index contributed by atoms with van der Waals surface area (Å²) < 4.78 is 0. The molecule has 3 nitrogen and oxygen atoms in total. The number of nitrogens with zero attached hydrogens (tertiary/aromatic N) is 2. The van der Waals surface area contributed by atoms with Gasteiger partial charge in [-0.3, -0.25) is 4.79 Å². The minimum atomic E-state index is 0.230. The van der Waals surface area contributed by atoms with E-state index in [0.29, 0.717) is 31.2 Å². The topological polar surface area (TPSA) is 44.1 Å². The van der Waals surface area contributed by atoms with Crippen LogP contribution < -0.4 is 0 Å².